The van der Waals surface area contributed by atoms with Crippen molar-refractivity contribution in [2.24, 2.45) is 11.7 Å². The Kier molecular flexibility index (Phi) is 4.58. The molecule has 1 saturated heterocycles. The minimum Gasteiger partial charge on any atom is -0.329 e. The van der Waals surface area contributed by atoms with Crippen LogP contribution in [0, 0.1) is 18.7 Å². The van der Waals surface area contributed by atoms with E-state index in [1.165, 1.54) is 12.8 Å². The van der Waals surface area contributed by atoms with Crippen molar-refractivity contribution in [3.05, 3.63) is 35.1 Å². The molecule has 1 aliphatic heterocycles. The van der Waals surface area contributed by atoms with Crippen molar-refractivity contribution >= 4 is 0 Å². The van der Waals surface area contributed by atoms with Gasteiger partial charge in [0.15, 0.2) is 0 Å². The number of hydrogen-bond donors (Lipinski definition) is 1. The molecule has 2 N–H and O–H groups in total. The van der Waals surface area contributed by atoms with E-state index in [4.69, 9.17) is 5.73 Å². The molecule has 1 heterocycles. The fourth-order valence-corrected chi connectivity index (χ4v) is 3.04. The minimum atomic E-state index is -0.131. The van der Waals surface area contributed by atoms with E-state index in [9.17, 15) is 4.39 Å². The standard InChI is InChI=1S/C16H25FN2/c1-11-4-6-13(3)19(10-11)16(9-18)14-7-5-12(2)15(17)8-14/h5,7-8,11,13,16H,4,6,9-10,18H2,1-3H3. The zero-order valence-electron chi connectivity index (χ0n) is 12.2. The molecule has 1 aromatic carbocycles. The highest BCUT2D eigenvalue weighted by Crippen LogP contribution is 2.30. The number of nitrogens with zero attached hydrogens (tertiary/aromatic N) is 1. The molecule has 0 radical (unpaired) electrons. The smallest absolute Gasteiger partial charge is 0.126 e. The molecule has 106 valence electrons. The van der Waals surface area contributed by atoms with Gasteiger partial charge < -0.3 is 5.73 Å². The predicted octanol–water partition coefficient (Wildman–Crippen LogP) is 3.25. The summed E-state index contributed by atoms with van der Waals surface area (Å²) in [6.45, 7) is 7.92. The molecule has 3 unspecified atom stereocenters. The van der Waals surface area contributed by atoms with Gasteiger partial charge in [0.1, 0.15) is 5.82 Å². The Bertz CT molecular complexity index is 433. The summed E-state index contributed by atoms with van der Waals surface area (Å²) >= 11 is 0. The van der Waals surface area contributed by atoms with Crippen LogP contribution in [0.3, 0.4) is 0 Å². The highest BCUT2D eigenvalue weighted by molar-refractivity contribution is 5.26. The van der Waals surface area contributed by atoms with Crippen LogP contribution in [-0.2, 0) is 0 Å². The molecule has 3 atom stereocenters. The van der Waals surface area contributed by atoms with Crippen LogP contribution in [0.15, 0.2) is 18.2 Å². The molecule has 1 fully saturated rings. The number of aryl methyl sites for hydroxylation is 1. The zero-order valence-corrected chi connectivity index (χ0v) is 12.2. The molecule has 0 aromatic heterocycles. The minimum absolute atomic E-state index is 0.131. The lowest BCUT2D eigenvalue weighted by Crippen LogP contribution is -2.45. The molecule has 0 saturated carbocycles. The van der Waals surface area contributed by atoms with Gasteiger partial charge in [0.2, 0.25) is 0 Å². The second-order valence-electron chi connectivity index (χ2n) is 5.99. The SMILES string of the molecule is Cc1ccc(C(CN)N2CC(C)CCC2C)cc1F. The Labute approximate surface area is 115 Å². The van der Waals surface area contributed by atoms with Crippen LogP contribution in [0.5, 0.6) is 0 Å². The van der Waals surface area contributed by atoms with E-state index < -0.39 is 0 Å². The molecular formula is C16H25FN2. The monoisotopic (exact) mass is 264 g/mol. The first kappa shape index (κ1) is 14.5. The largest absolute Gasteiger partial charge is 0.329 e. The molecule has 0 bridgehead atoms. The first-order chi connectivity index (χ1) is 9.02. The van der Waals surface area contributed by atoms with Gasteiger partial charge in [0.25, 0.3) is 0 Å². The van der Waals surface area contributed by atoms with Crippen molar-refractivity contribution in [3.63, 3.8) is 0 Å². The quantitative estimate of drug-likeness (QED) is 0.908. The number of hydrogen-bond acceptors (Lipinski definition) is 2. The lowest BCUT2D eigenvalue weighted by Gasteiger charge is -2.42. The number of rotatable bonds is 3. The Hall–Kier alpha value is -0.930. The predicted molar refractivity (Wildman–Crippen MR) is 77.5 cm³/mol. The van der Waals surface area contributed by atoms with Crippen molar-refractivity contribution in [1.29, 1.82) is 0 Å². The van der Waals surface area contributed by atoms with Gasteiger partial charge in [-0.25, -0.2) is 4.39 Å². The number of likely N-dealkylation sites (tertiary alicyclic amines) is 1. The van der Waals surface area contributed by atoms with E-state index in [0.717, 1.165) is 12.1 Å². The van der Waals surface area contributed by atoms with Crippen LogP contribution in [0.1, 0.15) is 43.9 Å². The van der Waals surface area contributed by atoms with Gasteiger partial charge in [-0.15, -0.1) is 0 Å². The molecule has 3 heteroatoms. The Balaban J connectivity index is 2.25. The molecule has 19 heavy (non-hydrogen) atoms. The number of halogens is 1. The summed E-state index contributed by atoms with van der Waals surface area (Å²) in [5, 5.41) is 0. The lowest BCUT2D eigenvalue weighted by atomic mass is 9.91. The summed E-state index contributed by atoms with van der Waals surface area (Å²) in [5.41, 5.74) is 7.67. The summed E-state index contributed by atoms with van der Waals surface area (Å²) in [5.74, 6) is 0.564. The van der Waals surface area contributed by atoms with E-state index in [2.05, 4.69) is 18.7 Å². The second-order valence-corrected chi connectivity index (χ2v) is 5.99. The van der Waals surface area contributed by atoms with Crippen LogP contribution >= 0.6 is 0 Å². The normalized spacial score (nSPS) is 26.4. The van der Waals surface area contributed by atoms with Crippen molar-refractivity contribution in [2.45, 2.75) is 45.7 Å². The van der Waals surface area contributed by atoms with Crippen LogP contribution in [-0.4, -0.2) is 24.0 Å². The van der Waals surface area contributed by atoms with Gasteiger partial charge in [0, 0.05) is 25.2 Å². The molecule has 1 aliphatic rings. The summed E-state index contributed by atoms with van der Waals surface area (Å²) in [7, 11) is 0. The van der Waals surface area contributed by atoms with Crippen molar-refractivity contribution in [1.82, 2.24) is 4.90 Å². The van der Waals surface area contributed by atoms with Crippen LogP contribution in [0.2, 0.25) is 0 Å². The lowest BCUT2D eigenvalue weighted by molar-refractivity contribution is 0.0797. The molecule has 2 rings (SSSR count). The zero-order chi connectivity index (χ0) is 14.0. The Morgan fingerprint density at radius 2 is 2.11 bits per heavy atom. The van der Waals surface area contributed by atoms with Gasteiger partial charge in [-0.05, 0) is 49.8 Å². The topological polar surface area (TPSA) is 29.3 Å². The fourth-order valence-electron chi connectivity index (χ4n) is 3.04. The van der Waals surface area contributed by atoms with Crippen molar-refractivity contribution in [2.75, 3.05) is 13.1 Å². The average molecular weight is 264 g/mol. The Morgan fingerprint density at radius 1 is 1.37 bits per heavy atom. The van der Waals surface area contributed by atoms with E-state index >= 15 is 0 Å². The number of nitrogens with two attached hydrogens (primary N) is 1. The van der Waals surface area contributed by atoms with E-state index in [0.29, 0.717) is 24.1 Å². The molecule has 2 nitrogen and oxygen atoms in total. The van der Waals surface area contributed by atoms with Crippen LogP contribution < -0.4 is 5.73 Å². The summed E-state index contributed by atoms with van der Waals surface area (Å²) in [6.07, 6.45) is 2.48. The van der Waals surface area contributed by atoms with Gasteiger partial charge in [-0.2, -0.15) is 0 Å². The third-order valence-electron chi connectivity index (χ3n) is 4.37. The third kappa shape index (κ3) is 3.15. The van der Waals surface area contributed by atoms with Gasteiger partial charge >= 0.3 is 0 Å². The van der Waals surface area contributed by atoms with Gasteiger partial charge in [-0.1, -0.05) is 19.1 Å². The molecule has 1 aromatic rings. The highest BCUT2D eigenvalue weighted by Gasteiger charge is 2.29. The summed E-state index contributed by atoms with van der Waals surface area (Å²) in [6, 6.07) is 6.17. The maximum absolute atomic E-state index is 13.8. The first-order valence-corrected chi connectivity index (χ1v) is 7.24. The summed E-state index contributed by atoms with van der Waals surface area (Å²) < 4.78 is 13.8. The second kappa shape index (κ2) is 6.02. The molecule has 0 amide bonds. The van der Waals surface area contributed by atoms with E-state index in [-0.39, 0.29) is 11.9 Å². The van der Waals surface area contributed by atoms with E-state index in [1.54, 1.807) is 13.0 Å². The molecule has 0 spiro atoms. The van der Waals surface area contributed by atoms with Crippen molar-refractivity contribution < 1.29 is 4.39 Å². The Morgan fingerprint density at radius 3 is 2.74 bits per heavy atom. The van der Waals surface area contributed by atoms with E-state index in [1.807, 2.05) is 12.1 Å². The number of benzene rings is 1. The third-order valence-corrected chi connectivity index (χ3v) is 4.37. The maximum atomic E-state index is 13.8. The van der Waals surface area contributed by atoms with Crippen LogP contribution in [0.25, 0.3) is 0 Å². The first-order valence-electron chi connectivity index (χ1n) is 7.24. The molecule has 0 aliphatic carbocycles. The number of piperidine rings is 1. The van der Waals surface area contributed by atoms with Crippen LogP contribution in [0.4, 0.5) is 4.39 Å². The van der Waals surface area contributed by atoms with Crippen molar-refractivity contribution in [3.8, 4) is 0 Å². The molecular weight excluding hydrogens is 239 g/mol. The maximum Gasteiger partial charge on any atom is 0.126 e. The fraction of sp³-hybridized carbons (Fsp3) is 0.625. The average Bonchev–Trinajstić information content (AvgIpc) is 2.38. The summed E-state index contributed by atoms with van der Waals surface area (Å²) in [4.78, 5) is 2.44. The van der Waals surface area contributed by atoms with Gasteiger partial charge in [-0.3, -0.25) is 4.90 Å². The highest BCUT2D eigenvalue weighted by atomic mass is 19.1. The van der Waals surface area contributed by atoms with Gasteiger partial charge in [0.05, 0.1) is 0 Å².